The lowest BCUT2D eigenvalue weighted by Gasteiger charge is -2.42. The first-order chi connectivity index (χ1) is 56.2. The lowest BCUT2D eigenvalue weighted by atomic mass is 9.84. The Hall–Kier alpha value is -10.7. The van der Waals surface area contributed by atoms with Gasteiger partial charge in [-0.1, -0.05) is 56.3 Å². The first-order valence-corrected chi connectivity index (χ1v) is 39.1. The molecule has 2 unspecified atom stereocenters. The van der Waals surface area contributed by atoms with Crippen molar-refractivity contribution in [3.63, 3.8) is 0 Å². The molecule has 0 aliphatic carbocycles. The average molecular weight is 1610 g/mol. The summed E-state index contributed by atoms with van der Waals surface area (Å²) in [6.07, 6.45) is 7.67. The number of hydrogen-bond donors (Lipinski definition) is 4. The smallest absolute Gasteiger partial charge is 0.414 e. The third kappa shape index (κ3) is 25.2. The monoisotopic (exact) mass is 1610 g/mol. The van der Waals surface area contributed by atoms with E-state index < -0.39 is 53.3 Å². The summed E-state index contributed by atoms with van der Waals surface area (Å²) in [4.78, 5) is 132. The molecule has 5 aliphatic rings. The van der Waals surface area contributed by atoms with Gasteiger partial charge in [0.1, 0.15) is 18.7 Å². The molecule has 0 saturated heterocycles. The van der Waals surface area contributed by atoms with Crippen molar-refractivity contribution >= 4 is 88.5 Å². The molecule has 5 aromatic carbocycles. The number of benzene rings is 5. The van der Waals surface area contributed by atoms with E-state index in [0.717, 1.165) is 21.6 Å². The Morgan fingerprint density at radius 1 is 0.560 bits per heavy atom. The predicted molar refractivity (Wildman–Crippen MR) is 427 cm³/mol. The number of ether oxygens (including phenoxy) is 13. The number of nitrogens with zero attached hydrogens (tertiary/aromatic N) is 6. The summed E-state index contributed by atoms with van der Waals surface area (Å²) < 4.78 is 73.9. The van der Waals surface area contributed by atoms with Crippen LogP contribution in [0.15, 0.2) is 113 Å². The van der Waals surface area contributed by atoms with E-state index in [0.29, 0.717) is 194 Å². The predicted octanol–water partition coefficient (Wildman–Crippen LogP) is 7.21. The number of fused-ring (bicyclic) bond motifs is 6. The summed E-state index contributed by atoms with van der Waals surface area (Å²) in [5, 5.41) is 11.0. The SMILES string of the molecule is COc1cc2c(cc1OCCCOc1cc3c(cc1OC)C(=O)N1Cc4ccccc4CC1(C)C=N3)N=CC1Cc3ccc(N(C)C(=O)OCc4ccc(NC(=O)[C@H](C)NC(=O)[C@@H](NC(=O)CCOCCOCCOCCOCCOCCOCCOCCOCCCNC(=O)CCN5C(=O)C=CC5=O)C(C)C)cc4)cc3CN1C2=O. The van der Waals surface area contributed by atoms with Crippen LogP contribution in [0.2, 0.25) is 0 Å². The van der Waals surface area contributed by atoms with Gasteiger partial charge in [-0.2, -0.15) is 0 Å². The van der Waals surface area contributed by atoms with E-state index in [9.17, 15) is 43.2 Å². The van der Waals surface area contributed by atoms with Gasteiger partial charge in [-0.3, -0.25) is 58.1 Å². The zero-order valence-electron chi connectivity index (χ0n) is 66.9. The number of nitrogens with one attached hydrogen (secondary N) is 4. The number of aliphatic imine (C=N–C) groups is 2. The van der Waals surface area contributed by atoms with E-state index in [-0.39, 0.29) is 88.6 Å². The summed E-state index contributed by atoms with van der Waals surface area (Å²) in [5.41, 5.74) is 6.93. The zero-order valence-corrected chi connectivity index (χ0v) is 66.9. The van der Waals surface area contributed by atoms with Gasteiger partial charge in [0.25, 0.3) is 23.6 Å². The molecule has 0 saturated carbocycles. The molecule has 5 heterocycles. The van der Waals surface area contributed by atoms with Crippen molar-refractivity contribution in [3.05, 3.63) is 142 Å². The summed E-state index contributed by atoms with van der Waals surface area (Å²) in [5.74, 6) is -1.51. The highest BCUT2D eigenvalue weighted by atomic mass is 16.6. The third-order valence-corrected chi connectivity index (χ3v) is 19.8. The second-order valence-corrected chi connectivity index (χ2v) is 28.6. The molecule has 32 nitrogen and oxygen atoms in total. The fourth-order valence-electron chi connectivity index (χ4n) is 13.2. The third-order valence-electron chi connectivity index (χ3n) is 19.8. The molecular formula is C84H106N10O22. The lowest BCUT2D eigenvalue weighted by Crippen LogP contribution is -2.54. The summed E-state index contributed by atoms with van der Waals surface area (Å²) in [7, 11) is 4.65. The van der Waals surface area contributed by atoms with Gasteiger partial charge in [0, 0.05) is 114 Å². The van der Waals surface area contributed by atoms with Gasteiger partial charge in [-0.25, -0.2) is 4.79 Å². The second kappa shape index (κ2) is 44.4. The first-order valence-electron chi connectivity index (χ1n) is 39.1. The minimum Gasteiger partial charge on any atom is -0.493 e. The Kier molecular flexibility index (Phi) is 33.6. The number of anilines is 2. The molecule has 5 aliphatic heterocycles. The molecule has 5 aromatic rings. The standard InChI is InChI=1S/C84H106N10O22/c1-56(2)78(90-75(96)23-29-107-31-33-109-35-37-111-39-41-113-43-42-112-40-38-110-36-34-108-32-30-106-26-10-24-85-74(95)22-25-92-76(97)20-21-77(92)98)80(100)88-57(3)79(99)89-63-17-14-58(15-18-63)54-116-83(103)91(5)64-19-16-59-44-65-51-86-68-48-72(70(104-6)46-66(68)81(101)93(65)52-62(59)45-64)114-27-11-28-115-73-49-69-67(47-71(73)105-7)82(102)94-53-61-13-9-8-12-60(61)50-84(94,4)55-87-69/h8-9,12-21,45-49,51,55-57,65,78H,10-11,22-44,50,52-54H2,1-7H3,(H,85,95)(H,88,100)(H,89,99)(H,90,96)/t57-,65?,78-,84?/m0/s1. The van der Waals surface area contributed by atoms with Crippen LogP contribution < -0.4 is 45.1 Å². The van der Waals surface area contributed by atoms with Crippen LogP contribution in [0, 0.1) is 5.92 Å². The zero-order chi connectivity index (χ0) is 82.4. The largest absolute Gasteiger partial charge is 0.493 e. The quantitative estimate of drug-likeness (QED) is 0.0221. The first kappa shape index (κ1) is 87.7. The average Bonchev–Trinajstić information content (AvgIpc) is 1.69. The van der Waals surface area contributed by atoms with Crippen molar-refractivity contribution in [3.8, 4) is 23.0 Å². The maximum absolute atomic E-state index is 14.4. The number of hydrogen-bond acceptors (Lipinski definition) is 24. The molecule has 0 spiro atoms. The summed E-state index contributed by atoms with van der Waals surface area (Å²) in [6.45, 7) is 14.6. The fourth-order valence-corrected chi connectivity index (χ4v) is 13.2. The Labute approximate surface area is 675 Å². The van der Waals surface area contributed by atoms with Gasteiger partial charge in [0.15, 0.2) is 23.0 Å². The molecule has 116 heavy (non-hydrogen) atoms. The van der Waals surface area contributed by atoms with E-state index in [1.54, 1.807) is 80.5 Å². The van der Waals surface area contributed by atoms with Gasteiger partial charge < -0.3 is 92.6 Å². The lowest BCUT2D eigenvalue weighted by molar-refractivity contribution is -0.137. The van der Waals surface area contributed by atoms with Gasteiger partial charge >= 0.3 is 6.09 Å². The van der Waals surface area contributed by atoms with E-state index in [1.165, 1.54) is 43.8 Å². The van der Waals surface area contributed by atoms with Crippen molar-refractivity contribution < 1.29 is 105 Å². The number of carbonyl (C=O) groups is 9. The number of imide groups is 1. The second-order valence-electron chi connectivity index (χ2n) is 28.6. The highest BCUT2D eigenvalue weighted by Gasteiger charge is 2.42. The number of amides is 9. The highest BCUT2D eigenvalue weighted by Crippen LogP contribution is 2.42. The Balaban J connectivity index is 0.538. The van der Waals surface area contributed by atoms with Crippen LogP contribution >= 0.6 is 0 Å². The Morgan fingerprint density at radius 3 is 1.71 bits per heavy atom. The van der Waals surface area contributed by atoms with E-state index in [2.05, 4.69) is 33.4 Å². The molecule has 9 amide bonds. The molecule has 0 radical (unpaired) electrons. The molecule has 32 heteroatoms. The minimum absolute atomic E-state index is 0.00266. The van der Waals surface area contributed by atoms with Gasteiger partial charge in [-0.15, -0.1) is 0 Å². The number of rotatable bonds is 48. The van der Waals surface area contributed by atoms with E-state index in [4.69, 9.17) is 71.6 Å². The van der Waals surface area contributed by atoms with Crippen LogP contribution in [0.5, 0.6) is 23.0 Å². The fraction of sp³-hybridized carbons (Fsp3) is 0.488. The molecule has 10 rings (SSSR count). The maximum atomic E-state index is 14.4. The van der Waals surface area contributed by atoms with Gasteiger partial charge in [-0.05, 0) is 96.8 Å². The normalized spacial score (nSPS) is 16.2. The van der Waals surface area contributed by atoms with Crippen LogP contribution in [0.25, 0.3) is 0 Å². The molecule has 0 fully saturated rings. The summed E-state index contributed by atoms with van der Waals surface area (Å²) >= 11 is 0. The van der Waals surface area contributed by atoms with Crippen molar-refractivity contribution in [2.75, 3.05) is 163 Å². The number of carbonyl (C=O) groups excluding carboxylic acids is 9. The number of methoxy groups -OCH3 is 2. The van der Waals surface area contributed by atoms with Crippen LogP contribution in [0.4, 0.5) is 27.5 Å². The topological polar surface area (TPSA) is 359 Å². The van der Waals surface area contributed by atoms with Crippen molar-refractivity contribution in [2.24, 2.45) is 15.9 Å². The van der Waals surface area contributed by atoms with Crippen LogP contribution in [0.1, 0.15) is 102 Å². The molecule has 0 bridgehead atoms. The van der Waals surface area contributed by atoms with Crippen LogP contribution in [-0.2, 0) is 104 Å². The van der Waals surface area contributed by atoms with Crippen molar-refractivity contribution in [1.82, 2.24) is 30.7 Å². The van der Waals surface area contributed by atoms with E-state index in [1.807, 2.05) is 48.4 Å². The molecule has 4 N–H and O–H groups in total. The Bertz CT molecular complexity index is 4290. The molecule has 4 atom stereocenters. The summed E-state index contributed by atoms with van der Waals surface area (Å²) in [6, 6.07) is 25.1. The molecule has 624 valence electrons. The Morgan fingerprint density at radius 2 is 1.12 bits per heavy atom. The van der Waals surface area contributed by atoms with Crippen LogP contribution in [-0.4, -0.2) is 257 Å². The van der Waals surface area contributed by atoms with Crippen LogP contribution in [0.3, 0.4) is 0 Å². The molecule has 0 aromatic heterocycles. The van der Waals surface area contributed by atoms with Gasteiger partial charge in [0.05, 0.1) is 161 Å². The minimum atomic E-state index is -0.964. The highest BCUT2D eigenvalue weighted by molar-refractivity contribution is 6.13. The maximum Gasteiger partial charge on any atom is 0.414 e. The van der Waals surface area contributed by atoms with Crippen molar-refractivity contribution in [1.29, 1.82) is 0 Å². The van der Waals surface area contributed by atoms with Crippen molar-refractivity contribution in [2.45, 2.75) is 110 Å². The van der Waals surface area contributed by atoms with E-state index >= 15 is 0 Å². The van der Waals surface area contributed by atoms with Gasteiger partial charge in [0.2, 0.25) is 23.6 Å². The molecular weight excluding hydrogens is 1500 g/mol.